The average Bonchev–Trinajstić information content (AvgIpc) is 2.85. The number of pyridine rings is 1. The van der Waals surface area contributed by atoms with E-state index >= 15 is 0 Å². The number of aromatic nitrogens is 3. The smallest absolute Gasteiger partial charge is 0.276 e. The molecule has 1 aromatic carbocycles. The molecule has 0 aliphatic rings. The van der Waals surface area contributed by atoms with E-state index in [1.165, 1.54) is 0 Å². The molecule has 0 bridgehead atoms. The molecule has 5 nitrogen and oxygen atoms in total. The second kappa shape index (κ2) is 5.29. The van der Waals surface area contributed by atoms with Gasteiger partial charge in [-0.25, -0.2) is 9.97 Å². The Kier molecular flexibility index (Phi) is 3.47. The van der Waals surface area contributed by atoms with E-state index in [2.05, 4.69) is 30.9 Å². The third-order valence-corrected chi connectivity index (χ3v) is 3.69. The van der Waals surface area contributed by atoms with Crippen LogP contribution in [0.5, 0.6) is 0 Å². The summed E-state index contributed by atoms with van der Waals surface area (Å²) in [5, 5.41) is 0. The van der Waals surface area contributed by atoms with Crippen LogP contribution in [-0.4, -0.2) is 27.9 Å². The van der Waals surface area contributed by atoms with Crippen molar-refractivity contribution in [3.05, 3.63) is 52.5 Å². The molecule has 3 rings (SSSR count). The van der Waals surface area contributed by atoms with Gasteiger partial charge in [0.15, 0.2) is 0 Å². The Hall–Kier alpha value is -2.21. The van der Waals surface area contributed by atoms with Crippen molar-refractivity contribution >= 4 is 38.6 Å². The van der Waals surface area contributed by atoms with Crippen molar-refractivity contribution in [2.45, 2.75) is 6.92 Å². The predicted octanol–water partition coefficient (Wildman–Crippen LogP) is 3.31. The minimum atomic E-state index is -0.155. The van der Waals surface area contributed by atoms with Crippen molar-refractivity contribution in [2.75, 3.05) is 11.9 Å². The highest BCUT2D eigenvalue weighted by molar-refractivity contribution is 9.10. The zero-order chi connectivity index (χ0) is 15.0. The summed E-state index contributed by atoms with van der Waals surface area (Å²) >= 11 is 3.31. The van der Waals surface area contributed by atoms with E-state index in [1.807, 2.05) is 25.1 Å². The fraction of sp³-hybridized carbons (Fsp3) is 0.133. The number of aromatic amines is 1. The first-order chi connectivity index (χ1) is 10.0. The lowest BCUT2D eigenvalue weighted by molar-refractivity contribution is 0.0988. The lowest BCUT2D eigenvalue weighted by Crippen LogP contribution is -2.26. The Morgan fingerprint density at radius 2 is 2.10 bits per heavy atom. The number of anilines is 1. The molecule has 2 aromatic heterocycles. The molecule has 6 heteroatoms. The molecule has 0 aliphatic heterocycles. The number of rotatable bonds is 2. The average molecular weight is 345 g/mol. The third-order valence-electron chi connectivity index (χ3n) is 3.22. The van der Waals surface area contributed by atoms with Crippen molar-refractivity contribution in [3.8, 4) is 0 Å². The summed E-state index contributed by atoms with van der Waals surface area (Å²) in [6.07, 6.45) is 1.61. The molecule has 0 atom stereocenters. The molecule has 0 aliphatic carbocycles. The summed E-state index contributed by atoms with van der Waals surface area (Å²) in [5.41, 5.74) is 3.00. The van der Waals surface area contributed by atoms with Crippen molar-refractivity contribution < 1.29 is 4.79 Å². The van der Waals surface area contributed by atoms with Crippen LogP contribution in [0.4, 0.5) is 5.69 Å². The van der Waals surface area contributed by atoms with Crippen molar-refractivity contribution in [3.63, 3.8) is 0 Å². The number of nitrogens with zero attached hydrogens (tertiary/aromatic N) is 3. The first-order valence-corrected chi connectivity index (χ1v) is 7.20. The van der Waals surface area contributed by atoms with E-state index < -0.39 is 0 Å². The minimum absolute atomic E-state index is 0.155. The first-order valence-electron chi connectivity index (χ1n) is 6.40. The van der Waals surface area contributed by atoms with Gasteiger partial charge in [0.05, 0.1) is 11.0 Å². The number of fused-ring (bicyclic) bond motifs is 1. The standard InChI is InChI=1S/C15H13BrN4O/c1-9-18-12-6-4-11(7-14(12)19-9)20(2)15(21)13-5-3-10(16)8-17-13/h3-8H,1-2H3,(H,18,19). The van der Waals surface area contributed by atoms with E-state index in [0.29, 0.717) is 5.69 Å². The fourth-order valence-electron chi connectivity index (χ4n) is 2.13. The van der Waals surface area contributed by atoms with Crippen LogP contribution in [0.25, 0.3) is 11.0 Å². The number of imidazole rings is 1. The Labute approximate surface area is 130 Å². The van der Waals surface area contributed by atoms with Gasteiger partial charge in [-0.3, -0.25) is 4.79 Å². The lowest BCUT2D eigenvalue weighted by Gasteiger charge is -2.16. The van der Waals surface area contributed by atoms with Crippen molar-refractivity contribution in [1.82, 2.24) is 15.0 Å². The molecule has 0 saturated carbocycles. The van der Waals surface area contributed by atoms with Gasteiger partial charge in [0.2, 0.25) is 0 Å². The maximum Gasteiger partial charge on any atom is 0.276 e. The zero-order valence-corrected chi connectivity index (χ0v) is 13.2. The van der Waals surface area contributed by atoms with Gasteiger partial charge in [-0.1, -0.05) is 0 Å². The molecular weight excluding hydrogens is 332 g/mol. The number of nitrogens with one attached hydrogen (secondary N) is 1. The number of aryl methyl sites for hydroxylation is 1. The molecule has 0 fully saturated rings. The maximum absolute atomic E-state index is 12.4. The summed E-state index contributed by atoms with van der Waals surface area (Å²) in [7, 11) is 1.73. The highest BCUT2D eigenvalue weighted by Gasteiger charge is 2.15. The molecule has 1 amide bonds. The largest absolute Gasteiger partial charge is 0.342 e. The van der Waals surface area contributed by atoms with Crippen LogP contribution in [0.3, 0.4) is 0 Å². The minimum Gasteiger partial charge on any atom is -0.342 e. The van der Waals surface area contributed by atoms with Crippen molar-refractivity contribution in [2.24, 2.45) is 0 Å². The van der Waals surface area contributed by atoms with Gasteiger partial charge >= 0.3 is 0 Å². The summed E-state index contributed by atoms with van der Waals surface area (Å²) in [6.45, 7) is 1.90. The summed E-state index contributed by atoms with van der Waals surface area (Å²) < 4.78 is 0.844. The van der Waals surface area contributed by atoms with Crippen LogP contribution >= 0.6 is 15.9 Å². The molecular formula is C15H13BrN4O. The summed E-state index contributed by atoms with van der Waals surface area (Å²) in [5.74, 6) is 0.698. The first kappa shape index (κ1) is 13.8. The number of carbonyl (C=O) groups excluding carboxylic acids is 1. The van der Waals surface area contributed by atoms with E-state index in [9.17, 15) is 4.79 Å². The molecule has 0 radical (unpaired) electrons. The van der Waals surface area contributed by atoms with Crippen LogP contribution < -0.4 is 4.90 Å². The molecule has 1 N–H and O–H groups in total. The zero-order valence-electron chi connectivity index (χ0n) is 11.6. The van der Waals surface area contributed by atoms with Crippen LogP contribution in [0.15, 0.2) is 41.0 Å². The highest BCUT2D eigenvalue weighted by Crippen LogP contribution is 2.21. The van der Waals surface area contributed by atoms with Gasteiger partial charge in [0, 0.05) is 23.4 Å². The third kappa shape index (κ3) is 2.67. The van der Waals surface area contributed by atoms with Crippen molar-refractivity contribution in [1.29, 1.82) is 0 Å². The molecule has 3 aromatic rings. The molecule has 2 heterocycles. The second-order valence-electron chi connectivity index (χ2n) is 4.75. The number of amides is 1. The van der Waals surface area contributed by atoms with E-state index in [0.717, 1.165) is 27.0 Å². The summed E-state index contributed by atoms with van der Waals surface area (Å²) in [6, 6.07) is 9.18. The number of H-pyrrole nitrogens is 1. The Bertz CT molecular complexity index is 810. The Morgan fingerprint density at radius 1 is 1.29 bits per heavy atom. The number of halogens is 1. The van der Waals surface area contributed by atoms with Gasteiger partial charge in [-0.05, 0) is 53.2 Å². The molecule has 0 unspecified atom stereocenters. The second-order valence-corrected chi connectivity index (χ2v) is 5.67. The van der Waals surface area contributed by atoms with Gasteiger partial charge in [-0.15, -0.1) is 0 Å². The van der Waals surface area contributed by atoms with Gasteiger partial charge in [-0.2, -0.15) is 0 Å². The van der Waals surface area contributed by atoms with Gasteiger partial charge < -0.3 is 9.88 Å². The SMILES string of the molecule is Cc1nc2ccc(N(C)C(=O)c3ccc(Br)cn3)cc2[nH]1. The number of carbonyl (C=O) groups is 1. The van der Waals surface area contributed by atoms with Crippen LogP contribution in [0.2, 0.25) is 0 Å². The maximum atomic E-state index is 12.4. The number of benzene rings is 1. The Morgan fingerprint density at radius 3 is 2.81 bits per heavy atom. The fourth-order valence-corrected chi connectivity index (χ4v) is 2.36. The van der Waals surface area contributed by atoms with Gasteiger partial charge in [0.1, 0.15) is 11.5 Å². The normalized spacial score (nSPS) is 10.8. The molecule has 21 heavy (non-hydrogen) atoms. The quantitative estimate of drug-likeness (QED) is 0.775. The van der Waals surface area contributed by atoms with Gasteiger partial charge in [0.25, 0.3) is 5.91 Å². The number of hydrogen-bond acceptors (Lipinski definition) is 3. The summed E-state index contributed by atoms with van der Waals surface area (Å²) in [4.78, 5) is 25.6. The van der Waals surface area contributed by atoms with Crippen LogP contribution in [0.1, 0.15) is 16.3 Å². The predicted molar refractivity (Wildman–Crippen MR) is 85.5 cm³/mol. The highest BCUT2D eigenvalue weighted by atomic mass is 79.9. The van der Waals surface area contributed by atoms with E-state index in [4.69, 9.17) is 0 Å². The van der Waals surface area contributed by atoms with Crippen LogP contribution in [0, 0.1) is 6.92 Å². The molecule has 0 saturated heterocycles. The van der Waals surface area contributed by atoms with Crippen LogP contribution in [-0.2, 0) is 0 Å². The monoisotopic (exact) mass is 344 g/mol. The topological polar surface area (TPSA) is 61.9 Å². The lowest BCUT2D eigenvalue weighted by atomic mass is 10.2. The number of hydrogen-bond donors (Lipinski definition) is 1. The molecule has 106 valence electrons. The molecule has 0 spiro atoms. The van der Waals surface area contributed by atoms with E-state index in [-0.39, 0.29) is 5.91 Å². The van der Waals surface area contributed by atoms with E-state index in [1.54, 1.807) is 30.3 Å². The Balaban J connectivity index is 1.93.